The molecular weight excluding hydrogens is 374 g/mol. The van der Waals surface area contributed by atoms with Gasteiger partial charge in [0.1, 0.15) is 0 Å². The maximum atomic E-state index is 12.9. The van der Waals surface area contributed by atoms with E-state index < -0.39 is 11.4 Å². The Morgan fingerprint density at radius 2 is 1.89 bits per heavy atom. The van der Waals surface area contributed by atoms with Gasteiger partial charge in [-0.15, -0.1) is 11.8 Å². The van der Waals surface area contributed by atoms with Crippen LogP contribution in [0.5, 0.6) is 0 Å². The predicted molar refractivity (Wildman–Crippen MR) is 107 cm³/mol. The first-order valence-corrected chi connectivity index (χ1v) is 10.4. The summed E-state index contributed by atoms with van der Waals surface area (Å²) < 4.78 is 5.47. The highest BCUT2D eigenvalue weighted by atomic mass is 32.2. The lowest BCUT2D eigenvalue weighted by Crippen LogP contribution is -2.45. The Bertz CT molecular complexity index is 855. The molecule has 0 saturated carbocycles. The predicted octanol–water partition coefficient (Wildman–Crippen LogP) is 3.54. The number of ether oxygens (including phenoxy) is 1. The highest BCUT2D eigenvalue weighted by Crippen LogP contribution is 2.42. The SMILES string of the molecule is O=C(c1ccc(SCc2ccccc2)cc1)N1C[C@H]2COCC[C@@]2(C(=O)O)C1. The standard InChI is InChI=1S/C22H23NO4S/c24-20(23-12-18-13-27-11-10-22(18,15-23)21(25)26)17-6-8-19(9-7-17)28-14-16-4-2-1-3-5-16/h1-9,18H,10-15H2,(H,25,26)/t18-,22+/m0/s1. The maximum Gasteiger partial charge on any atom is 0.311 e. The molecule has 1 N–H and O–H groups in total. The van der Waals surface area contributed by atoms with E-state index in [2.05, 4.69) is 12.1 Å². The van der Waals surface area contributed by atoms with Gasteiger partial charge in [-0.25, -0.2) is 0 Å². The number of nitrogens with zero attached hydrogens (tertiary/aromatic N) is 1. The lowest BCUT2D eigenvalue weighted by molar-refractivity contribution is -0.157. The highest BCUT2D eigenvalue weighted by molar-refractivity contribution is 7.98. The van der Waals surface area contributed by atoms with Crippen molar-refractivity contribution < 1.29 is 19.4 Å². The van der Waals surface area contributed by atoms with E-state index in [0.29, 0.717) is 31.7 Å². The van der Waals surface area contributed by atoms with Crippen LogP contribution in [0.15, 0.2) is 59.5 Å². The Morgan fingerprint density at radius 3 is 2.57 bits per heavy atom. The molecule has 0 bridgehead atoms. The largest absolute Gasteiger partial charge is 0.481 e. The number of carboxylic acid groups (broad SMARTS) is 1. The third-order valence-electron chi connectivity index (χ3n) is 5.77. The van der Waals surface area contributed by atoms with Gasteiger partial charge in [0.25, 0.3) is 5.91 Å². The summed E-state index contributed by atoms with van der Waals surface area (Å²) in [6.07, 6.45) is 0.464. The number of carbonyl (C=O) groups excluding carboxylic acids is 1. The van der Waals surface area contributed by atoms with Gasteiger partial charge in [-0.1, -0.05) is 30.3 Å². The number of fused-ring (bicyclic) bond motifs is 1. The van der Waals surface area contributed by atoms with Gasteiger partial charge in [-0.2, -0.15) is 0 Å². The molecule has 2 heterocycles. The number of aliphatic carboxylic acids is 1. The summed E-state index contributed by atoms with van der Waals surface area (Å²) in [5.41, 5.74) is 0.997. The molecular formula is C22H23NO4S. The Morgan fingerprint density at radius 1 is 1.14 bits per heavy atom. The molecule has 0 unspecified atom stereocenters. The summed E-state index contributed by atoms with van der Waals surface area (Å²) in [5, 5.41) is 9.76. The molecule has 146 valence electrons. The van der Waals surface area contributed by atoms with Crippen molar-refractivity contribution in [3.63, 3.8) is 0 Å². The van der Waals surface area contributed by atoms with Crippen molar-refractivity contribution >= 4 is 23.6 Å². The minimum absolute atomic E-state index is 0.102. The van der Waals surface area contributed by atoms with E-state index in [1.54, 1.807) is 16.7 Å². The minimum Gasteiger partial charge on any atom is -0.481 e. The zero-order valence-corrected chi connectivity index (χ0v) is 16.4. The fourth-order valence-corrected chi connectivity index (χ4v) is 4.93. The molecule has 2 aliphatic heterocycles. The second kappa shape index (κ2) is 7.97. The van der Waals surface area contributed by atoms with Gasteiger partial charge >= 0.3 is 5.97 Å². The summed E-state index contributed by atoms with van der Waals surface area (Å²) >= 11 is 1.73. The third kappa shape index (κ3) is 3.66. The van der Waals surface area contributed by atoms with Crippen LogP contribution >= 0.6 is 11.8 Å². The first kappa shape index (κ1) is 19.0. The summed E-state index contributed by atoms with van der Waals surface area (Å²) in [6.45, 7) is 1.55. The lowest BCUT2D eigenvalue weighted by Gasteiger charge is -2.33. The first-order chi connectivity index (χ1) is 13.6. The van der Waals surface area contributed by atoms with Crippen LogP contribution in [0.4, 0.5) is 0 Å². The van der Waals surface area contributed by atoms with Crippen molar-refractivity contribution in [2.45, 2.75) is 17.1 Å². The Kier molecular flexibility index (Phi) is 5.42. The van der Waals surface area contributed by atoms with E-state index in [1.165, 1.54) is 5.56 Å². The molecule has 2 atom stereocenters. The second-order valence-electron chi connectivity index (χ2n) is 7.47. The molecule has 2 aromatic carbocycles. The molecule has 0 spiro atoms. The number of benzene rings is 2. The fraction of sp³-hybridized carbons (Fsp3) is 0.364. The molecule has 1 amide bonds. The van der Waals surface area contributed by atoms with E-state index >= 15 is 0 Å². The molecule has 6 heteroatoms. The van der Waals surface area contributed by atoms with Crippen molar-refractivity contribution in [2.24, 2.45) is 11.3 Å². The average molecular weight is 397 g/mol. The number of hydrogen-bond donors (Lipinski definition) is 1. The van der Waals surface area contributed by atoms with E-state index in [-0.39, 0.29) is 18.4 Å². The summed E-state index contributed by atoms with van der Waals surface area (Å²) in [6, 6.07) is 17.8. The molecule has 2 fully saturated rings. The lowest BCUT2D eigenvalue weighted by atomic mass is 9.74. The average Bonchev–Trinajstić information content (AvgIpc) is 3.14. The summed E-state index contributed by atoms with van der Waals surface area (Å²) in [7, 11) is 0. The van der Waals surface area contributed by atoms with Gasteiger partial charge in [0.05, 0.1) is 12.0 Å². The van der Waals surface area contributed by atoms with Gasteiger partial charge < -0.3 is 14.7 Å². The quantitative estimate of drug-likeness (QED) is 0.782. The number of amides is 1. The molecule has 0 aliphatic carbocycles. The smallest absolute Gasteiger partial charge is 0.311 e. The number of thioether (sulfide) groups is 1. The van der Waals surface area contributed by atoms with Crippen LogP contribution in [0.2, 0.25) is 0 Å². The number of carbonyl (C=O) groups is 2. The molecule has 4 rings (SSSR count). The molecule has 2 aliphatic rings. The van der Waals surface area contributed by atoms with Crippen LogP contribution in [-0.4, -0.2) is 48.2 Å². The van der Waals surface area contributed by atoms with Crippen molar-refractivity contribution in [1.29, 1.82) is 0 Å². The zero-order valence-electron chi connectivity index (χ0n) is 15.5. The molecule has 0 aromatic heterocycles. The molecule has 0 radical (unpaired) electrons. The normalized spacial score (nSPS) is 24.0. The van der Waals surface area contributed by atoms with Crippen LogP contribution < -0.4 is 0 Å². The van der Waals surface area contributed by atoms with Crippen LogP contribution in [0.3, 0.4) is 0 Å². The minimum atomic E-state index is -0.862. The van der Waals surface area contributed by atoms with E-state index in [1.807, 2.05) is 42.5 Å². The van der Waals surface area contributed by atoms with Crippen LogP contribution in [0.25, 0.3) is 0 Å². The molecule has 28 heavy (non-hydrogen) atoms. The van der Waals surface area contributed by atoms with Gasteiger partial charge in [-0.05, 0) is 36.2 Å². The van der Waals surface area contributed by atoms with E-state index in [9.17, 15) is 14.7 Å². The summed E-state index contributed by atoms with van der Waals surface area (Å²) in [5.74, 6) is -0.176. The zero-order chi connectivity index (χ0) is 19.6. The molecule has 2 saturated heterocycles. The van der Waals surface area contributed by atoms with Gasteiger partial charge in [0.15, 0.2) is 0 Å². The monoisotopic (exact) mass is 397 g/mol. The molecule has 2 aromatic rings. The van der Waals surface area contributed by atoms with E-state index in [4.69, 9.17) is 4.74 Å². The Hall–Kier alpha value is -2.31. The van der Waals surface area contributed by atoms with Gasteiger partial charge in [-0.3, -0.25) is 9.59 Å². The number of hydrogen-bond acceptors (Lipinski definition) is 4. The highest BCUT2D eigenvalue weighted by Gasteiger charge is 2.54. The summed E-state index contributed by atoms with van der Waals surface area (Å²) in [4.78, 5) is 27.6. The number of likely N-dealkylation sites (tertiary alicyclic amines) is 1. The van der Waals surface area contributed by atoms with Crippen LogP contribution in [0, 0.1) is 11.3 Å². The van der Waals surface area contributed by atoms with Crippen molar-refractivity contribution in [2.75, 3.05) is 26.3 Å². The maximum absolute atomic E-state index is 12.9. The van der Waals surface area contributed by atoms with E-state index in [0.717, 1.165) is 10.6 Å². The number of rotatable bonds is 5. The molecule has 5 nitrogen and oxygen atoms in total. The number of carboxylic acids is 1. The van der Waals surface area contributed by atoms with Crippen LogP contribution in [0.1, 0.15) is 22.3 Å². The third-order valence-corrected chi connectivity index (χ3v) is 6.85. The van der Waals surface area contributed by atoms with Crippen molar-refractivity contribution in [1.82, 2.24) is 4.90 Å². The first-order valence-electron chi connectivity index (χ1n) is 9.46. The van der Waals surface area contributed by atoms with Gasteiger partial charge in [0, 0.05) is 41.8 Å². The Balaban J connectivity index is 1.42. The topological polar surface area (TPSA) is 66.8 Å². The van der Waals surface area contributed by atoms with Crippen molar-refractivity contribution in [3.8, 4) is 0 Å². The fourth-order valence-electron chi connectivity index (χ4n) is 4.07. The van der Waals surface area contributed by atoms with Gasteiger partial charge in [0.2, 0.25) is 0 Å². The Labute approximate surface area is 168 Å². The second-order valence-corrected chi connectivity index (χ2v) is 8.52. The van der Waals surface area contributed by atoms with Crippen molar-refractivity contribution in [3.05, 3.63) is 65.7 Å². The van der Waals surface area contributed by atoms with Crippen LogP contribution in [-0.2, 0) is 15.3 Å².